The summed E-state index contributed by atoms with van der Waals surface area (Å²) in [5.74, 6) is 2.20. The summed E-state index contributed by atoms with van der Waals surface area (Å²) in [5, 5.41) is 5.30. The number of nitrogens with zero attached hydrogens (tertiary/aromatic N) is 2. The summed E-state index contributed by atoms with van der Waals surface area (Å²) in [4.78, 5) is 4.47. The fourth-order valence-electron chi connectivity index (χ4n) is 2.75. The zero-order chi connectivity index (χ0) is 20.2. The fraction of sp³-hybridized carbons (Fsp3) is 0.0909. The van der Waals surface area contributed by atoms with Gasteiger partial charge in [-0.25, -0.2) is 0 Å². The molecule has 4 aromatic rings. The van der Waals surface area contributed by atoms with Crippen molar-refractivity contribution >= 4 is 23.2 Å². The van der Waals surface area contributed by atoms with E-state index in [0.717, 1.165) is 16.9 Å². The standard InChI is InChI=1S/C22H16Cl2N2O3/c1-27-20-11-8-17(24)12-19(20)21-25-22(29-26-21)15-4-2-14(3-5-15)13-28-18-9-6-16(23)7-10-18/h2-12H,13H2,1H3. The van der Waals surface area contributed by atoms with Gasteiger partial charge in [-0.05, 0) is 60.2 Å². The number of hydrogen-bond donors (Lipinski definition) is 0. The van der Waals surface area contributed by atoms with E-state index in [4.69, 9.17) is 37.2 Å². The minimum Gasteiger partial charge on any atom is -0.496 e. The first-order valence-electron chi connectivity index (χ1n) is 8.77. The van der Waals surface area contributed by atoms with Crippen LogP contribution in [-0.2, 0) is 6.61 Å². The molecule has 0 spiro atoms. The van der Waals surface area contributed by atoms with Crippen molar-refractivity contribution in [2.24, 2.45) is 0 Å². The second-order valence-electron chi connectivity index (χ2n) is 6.21. The molecule has 4 rings (SSSR count). The Labute approximate surface area is 177 Å². The van der Waals surface area contributed by atoms with E-state index in [0.29, 0.717) is 39.7 Å². The van der Waals surface area contributed by atoms with E-state index >= 15 is 0 Å². The Kier molecular flexibility index (Phi) is 5.69. The van der Waals surface area contributed by atoms with Gasteiger partial charge < -0.3 is 14.0 Å². The Morgan fingerprint density at radius 1 is 0.897 bits per heavy atom. The van der Waals surface area contributed by atoms with E-state index in [1.165, 1.54) is 0 Å². The molecule has 0 amide bonds. The van der Waals surface area contributed by atoms with Gasteiger partial charge in [0.1, 0.15) is 18.1 Å². The Morgan fingerprint density at radius 3 is 2.34 bits per heavy atom. The molecule has 5 nitrogen and oxygen atoms in total. The Hall–Kier alpha value is -3.02. The molecule has 0 N–H and O–H groups in total. The summed E-state index contributed by atoms with van der Waals surface area (Å²) < 4.78 is 16.5. The van der Waals surface area contributed by atoms with Crippen LogP contribution in [0, 0.1) is 0 Å². The molecule has 1 heterocycles. The fourth-order valence-corrected chi connectivity index (χ4v) is 3.04. The lowest BCUT2D eigenvalue weighted by Gasteiger charge is -2.06. The topological polar surface area (TPSA) is 57.4 Å². The van der Waals surface area contributed by atoms with Gasteiger partial charge in [0.2, 0.25) is 5.82 Å². The van der Waals surface area contributed by atoms with Crippen molar-refractivity contribution in [3.05, 3.63) is 82.3 Å². The van der Waals surface area contributed by atoms with Gasteiger partial charge in [-0.2, -0.15) is 4.98 Å². The highest BCUT2D eigenvalue weighted by Gasteiger charge is 2.15. The molecule has 0 fully saturated rings. The lowest BCUT2D eigenvalue weighted by atomic mass is 10.1. The number of aromatic nitrogens is 2. The molecule has 1 aromatic heterocycles. The van der Waals surface area contributed by atoms with E-state index in [2.05, 4.69) is 10.1 Å². The van der Waals surface area contributed by atoms with Crippen molar-refractivity contribution in [2.75, 3.05) is 7.11 Å². The predicted octanol–water partition coefficient (Wildman–Crippen LogP) is 6.30. The summed E-state index contributed by atoms with van der Waals surface area (Å²) >= 11 is 12.0. The van der Waals surface area contributed by atoms with Crippen LogP contribution in [0.3, 0.4) is 0 Å². The molecule has 0 aliphatic heterocycles. The lowest BCUT2D eigenvalue weighted by molar-refractivity contribution is 0.306. The molecule has 0 bridgehead atoms. The molecule has 0 radical (unpaired) electrons. The Balaban J connectivity index is 1.48. The summed E-state index contributed by atoms with van der Waals surface area (Å²) in [6, 6.07) is 20.2. The average molecular weight is 427 g/mol. The highest BCUT2D eigenvalue weighted by Crippen LogP contribution is 2.32. The zero-order valence-corrected chi connectivity index (χ0v) is 16.9. The second-order valence-corrected chi connectivity index (χ2v) is 7.08. The Bertz CT molecular complexity index is 1110. The third-order valence-corrected chi connectivity index (χ3v) is 4.74. The van der Waals surface area contributed by atoms with Gasteiger partial charge in [0.15, 0.2) is 0 Å². The highest BCUT2D eigenvalue weighted by atomic mass is 35.5. The number of rotatable bonds is 6. The SMILES string of the molecule is COc1ccc(Cl)cc1-c1noc(-c2ccc(COc3ccc(Cl)cc3)cc2)n1. The average Bonchev–Trinajstić information content (AvgIpc) is 3.24. The van der Waals surface area contributed by atoms with Gasteiger partial charge in [-0.3, -0.25) is 0 Å². The van der Waals surface area contributed by atoms with Crippen LogP contribution in [-0.4, -0.2) is 17.3 Å². The largest absolute Gasteiger partial charge is 0.496 e. The highest BCUT2D eigenvalue weighted by molar-refractivity contribution is 6.31. The van der Waals surface area contributed by atoms with Crippen LogP contribution in [0.5, 0.6) is 11.5 Å². The van der Waals surface area contributed by atoms with Crippen LogP contribution >= 0.6 is 23.2 Å². The maximum atomic E-state index is 6.09. The maximum Gasteiger partial charge on any atom is 0.258 e. The van der Waals surface area contributed by atoms with E-state index < -0.39 is 0 Å². The van der Waals surface area contributed by atoms with Crippen LogP contribution in [0.1, 0.15) is 5.56 Å². The molecule has 7 heteroatoms. The van der Waals surface area contributed by atoms with Gasteiger partial charge in [0.25, 0.3) is 5.89 Å². The molecule has 0 saturated carbocycles. The number of ether oxygens (including phenoxy) is 2. The zero-order valence-electron chi connectivity index (χ0n) is 15.4. The molecule has 3 aromatic carbocycles. The minimum absolute atomic E-state index is 0.409. The van der Waals surface area contributed by atoms with Gasteiger partial charge in [-0.1, -0.05) is 40.5 Å². The molecule has 0 atom stereocenters. The molecule has 0 unspecified atom stereocenters. The van der Waals surface area contributed by atoms with Gasteiger partial charge in [0, 0.05) is 15.6 Å². The summed E-state index contributed by atoms with van der Waals surface area (Å²) in [5.41, 5.74) is 2.49. The smallest absolute Gasteiger partial charge is 0.258 e. The van der Waals surface area contributed by atoms with Crippen molar-refractivity contribution in [3.8, 4) is 34.3 Å². The van der Waals surface area contributed by atoms with Crippen molar-refractivity contribution < 1.29 is 14.0 Å². The first-order chi connectivity index (χ1) is 14.1. The van der Waals surface area contributed by atoms with Gasteiger partial charge in [-0.15, -0.1) is 0 Å². The first-order valence-corrected chi connectivity index (χ1v) is 9.53. The van der Waals surface area contributed by atoms with Crippen LogP contribution in [0.25, 0.3) is 22.8 Å². The summed E-state index contributed by atoms with van der Waals surface area (Å²) in [6.45, 7) is 0.441. The normalized spacial score (nSPS) is 10.7. The number of hydrogen-bond acceptors (Lipinski definition) is 5. The number of methoxy groups -OCH3 is 1. The van der Waals surface area contributed by atoms with Crippen LogP contribution in [0.4, 0.5) is 0 Å². The molecular formula is C22H16Cl2N2O3. The lowest BCUT2D eigenvalue weighted by Crippen LogP contribution is -1.95. The van der Waals surface area contributed by atoms with Crippen molar-refractivity contribution in [1.29, 1.82) is 0 Å². The molecule has 0 saturated heterocycles. The quantitative estimate of drug-likeness (QED) is 0.362. The van der Waals surface area contributed by atoms with Crippen LogP contribution in [0.2, 0.25) is 10.0 Å². The maximum absolute atomic E-state index is 6.09. The number of halogens is 2. The van der Waals surface area contributed by atoms with E-state index in [-0.39, 0.29) is 0 Å². The van der Waals surface area contributed by atoms with E-state index in [9.17, 15) is 0 Å². The molecule has 0 aliphatic carbocycles. The van der Waals surface area contributed by atoms with Crippen molar-refractivity contribution in [2.45, 2.75) is 6.61 Å². The summed E-state index contributed by atoms with van der Waals surface area (Å²) in [7, 11) is 1.58. The van der Waals surface area contributed by atoms with Crippen molar-refractivity contribution in [3.63, 3.8) is 0 Å². The molecular weight excluding hydrogens is 411 g/mol. The number of benzene rings is 3. The predicted molar refractivity (Wildman–Crippen MR) is 113 cm³/mol. The first kappa shape index (κ1) is 19.3. The van der Waals surface area contributed by atoms with Crippen LogP contribution in [0.15, 0.2) is 71.3 Å². The second kappa shape index (κ2) is 8.55. The summed E-state index contributed by atoms with van der Waals surface area (Å²) in [6.07, 6.45) is 0. The molecule has 146 valence electrons. The van der Waals surface area contributed by atoms with E-state index in [1.807, 2.05) is 36.4 Å². The van der Waals surface area contributed by atoms with Crippen molar-refractivity contribution in [1.82, 2.24) is 10.1 Å². The van der Waals surface area contributed by atoms with Gasteiger partial charge >= 0.3 is 0 Å². The Morgan fingerprint density at radius 2 is 1.62 bits per heavy atom. The third-order valence-electron chi connectivity index (χ3n) is 4.25. The van der Waals surface area contributed by atoms with Gasteiger partial charge in [0.05, 0.1) is 12.7 Å². The molecule has 0 aliphatic rings. The van der Waals surface area contributed by atoms with Crippen LogP contribution < -0.4 is 9.47 Å². The van der Waals surface area contributed by atoms with E-state index in [1.54, 1.807) is 37.4 Å². The minimum atomic E-state index is 0.409. The monoisotopic (exact) mass is 426 g/mol. The molecule has 29 heavy (non-hydrogen) atoms. The third kappa shape index (κ3) is 4.53.